The van der Waals surface area contributed by atoms with E-state index in [2.05, 4.69) is 0 Å². The molecule has 0 bridgehead atoms. The minimum Gasteiger partial charge on any atom is -0.292 e. The van der Waals surface area contributed by atoms with Crippen molar-refractivity contribution < 1.29 is 8.78 Å². The predicted molar refractivity (Wildman–Crippen MR) is 38.8 cm³/mol. The van der Waals surface area contributed by atoms with Crippen molar-refractivity contribution in [3.05, 3.63) is 0 Å². The average molecular weight is 161 g/mol. The van der Waals surface area contributed by atoms with Crippen LogP contribution in [-0.2, 0) is 0 Å². The summed E-state index contributed by atoms with van der Waals surface area (Å²) in [7, 11) is 0. The van der Waals surface area contributed by atoms with E-state index in [0.29, 0.717) is 0 Å². The molecule has 0 aromatic carbocycles. The second kappa shape index (κ2) is 1.94. The second-order valence-electron chi connectivity index (χ2n) is 4.05. The van der Waals surface area contributed by atoms with E-state index in [0.717, 1.165) is 19.4 Å². The van der Waals surface area contributed by atoms with Gasteiger partial charge in [0, 0.05) is 12.0 Å². The molecule has 1 atom stereocenters. The molecule has 2 fully saturated rings. The first kappa shape index (κ1) is 7.47. The molecule has 0 aromatic rings. The van der Waals surface area contributed by atoms with Crippen molar-refractivity contribution in [2.24, 2.45) is 0 Å². The Balaban J connectivity index is 2.19. The third-order valence-corrected chi connectivity index (χ3v) is 2.97. The quantitative estimate of drug-likeness (QED) is 0.524. The zero-order valence-electron chi connectivity index (χ0n) is 6.74. The Labute approximate surface area is 65.4 Å². The van der Waals surface area contributed by atoms with E-state index in [1.54, 1.807) is 0 Å². The number of hydrogen-bond acceptors (Lipinski definition) is 1. The second-order valence-corrected chi connectivity index (χ2v) is 4.05. The highest BCUT2D eigenvalue weighted by Gasteiger charge is 2.53. The van der Waals surface area contributed by atoms with Gasteiger partial charge in [0.2, 0.25) is 0 Å². The molecule has 1 nitrogen and oxygen atoms in total. The van der Waals surface area contributed by atoms with Crippen LogP contribution in [-0.4, -0.2) is 29.5 Å². The van der Waals surface area contributed by atoms with E-state index in [4.69, 9.17) is 0 Å². The van der Waals surface area contributed by atoms with Crippen LogP contribution >= 0.6 is 0 Å². The number of alkyl halides is 2. The number of rotatable bonds is 0. The van der Waals surface area contributed by atoms with Crippen molar-refractivity contribution in [3.63, 3.8) is 0 Å². The summed E-state index contributed by atoms with van der Waals surface area (Å²) in [6.07, 6.45) is 2.11. The molecule has 0 spiro atoms. The standard InChI is InChI=1S/C8H13F2N/c1-7-3-2-4-11(7)6-8(9,10)5-7/h2-6H2,1H3/t7-/m1/s1. The van der Waals surface area contributed by atoms with Crippen LogP contribution in [0.25, 0.3) is 0 Å². The molecule has 0 saturated carbocycles. The maximum absolute atomic E-state index is 12.9. The summed E-state index contributed by atoms with van der Waals surface area (Å²) < 4.78 is 25.7. The van der Waals surface area contributed by atoms with Gasteiger partial charge in [-0.15, -0.1) is 0 Å². The first-order valence-electron chi connectivity index (χ1n) is 4.15. The lowest BCUT2D eigenvalue weighted by atomic mass is 9.96. The third-order valence-electron chi connectivity index (χ3n) is 2.97. The van der Waals surface area contributed by atoms with Gasteiger partial charge in [0.1, 0.15) is 0 Å². The minimum atomic E-state index is -2.42. The summed E-state index contributed by atoms with van der Waals surface area (Å²) in [4.78, 5) is 1.94. The summed E-state index contributed by atoms with van der Waals surface area (Å²) in [5.41, 5.74) is -0.177. The monoisotopic (exact) mass is 161 g/mol. The topological polar surface area (TPSA) is 3.24 Å². The van der Waals surface area contributed by atoms with Crippen molar-refractivity contribution in [2.75, 3.05) is 13.1 Å². The van der Waals surface area contributed by atoms with Crippen LogP contribution in [0.4, 0.5) is 8.78 Å². The van der Waals surface area contributed by atoms with Crippen molar-refractivity contribution in [2.45, 2.75) is 37.6 Å². The number of hydrogen-bond donors (Lipinski definition) is 0. The van der Waals surface area contributed by atoms with E-state index in [1.165, 1.54) is 0 Å². The molecule has 3 heteroatoms. The molecule has 2 aliphatic heterocycles. The molecule has 0 aliphatic carbocycles. The molecule has 2 heterocycles. The molecular weight excluding hydrogens is 148 g/mol. The molecule has 11 heavy (non-hydrogen) atoms. The molecule has 2 aliphatic rings. The zero-order valence-corrected chi connectivity index (χ0v) is 6.74. The Hall–Kier alpha value is -0.180. The van der Waals surface area contributed by atoms with Gasteiger partial charge in [0.05, 0.1) is 6.54 Å². The molecule has 0 amide bonds. The van der Waals surface area contributed by atoms with E-state index in [9.17, 15) is 8.78 Å². The highest BCUT2D eigenvalue weighted by molar-refractivity contribution is 5.03. The first-order chi connectivity index (χ1) is 5.02. The summed E-state index contributed by atoms with van der Waals surface area (Å²) in [5, 5.41) is 0. The Morgan fingerprint density at radius 2 is 2.09 bits per heavy atom. The Morgan fingerprint density at radius 1 is 1.36 bits per heavy atom. The zero-order chi connectivity index (χ0) is 8.11. The fraction of sp³-hybridized carbons (Fsp3) is 1.00. The van der Waals surface area contributed by atoms with Gasteiger partial charge in [0.15, 0.2) is 0 Å². The summed E-state index contributed by atoms with van der Waals surface area (Å²) in [6.45, 7) is 2.82. The Morgan fingerprint density at radius 3 is 2.73 bits per heavy atom. The van der Waals surface area contributed by atoms with Crippen molar-refractivity contribution in [3.8, 4) is 0 Å². The molecular formula is C8H13F2N. The largest absolute Gasteiger partial charge is 0.292 e. The number of nitrogens with zero attached hydrogens (tertiary/aromatic N) is 1. The van der Waals surface area contributed by atoms with Crippen molar-refractivity contribution in [1.29, 1.82) is 0 Å². The van der Waals surface area contributed by atoms with E-state index in [1.807, 2.05) is 11.8 Å². The maximum Gasteiger partial charge on any atom is 0.262 e. The number of halogens is 2. The smallest absolute Gasteiger partial charge is 0.262 e. The van der Waals surface area contributed by atoms with E-state index >= 15 is 0 Å². The predicted octanol–water partition coefficient (Wildman–Crippen LogP) is 1.88. The van der Waals surface area contributed by atoms with Crippen LogP contribution in [0.5, 0.6) is 0 Å². The van der Waals surface area contributed by atoms with Crippen molar-refractivity contribution in [1.82, 2.24) is 4.90 Å². The highest BCUT2D eigenvalue weighted by atomic mass is 19.3. The van der Waals surface area contributed by atoms with Crippen LogP contribution in [0.3, 0.4) is 0 Å². The van der Waals surface area contributed by atoms with Gasteiger partial charge in [-0.1, -0.05) is 0 Å². The van der Waals surface area contributed by atoms with Crippen LogP contribution in [0.2, 0.25) is 0 Å². The van der Waals surface area contributed by atoms with E-state index < -0.39 is 5.92 Å². The lowest BCUT2D eigenvalue weighted by Crippen LogP contribution is -2.34. The first-order valence-corrected chi connectivity index (χ1v) is 4.15. The summed E-state index contributed by atoms with van der Waals surface area (Å²) in [6, 6.07) is 0. The molecule has 0 aromatic heterocycles. The summed E-state index contributed by atoms with van der Waals surface area (Å²) in [5.74, 6) is -2.42. The van der Waals surface area contributed by atoms with Crippen LogP contribution in [0.1, 0.15) is 26.2 Å². The lowest BCUT2D eigenvalue weighted by molar-refractivity contribution is 0.00988. The molecule has 0 unspecified atom stereocenters. The normalized spacial score (nSPS) is 42.8. The fourth-order valence-corrected chi connectivity index (χ4v) is 2.44. The van der Waals surface area contributed by atoms with Crippen LogP contribution < -0.4 is 0 Å². The maximum atomic E-state index is 12.9. The molecule has 0 N–H and O–H groups in total. The minimum absolute atomic E-state index is 0.0104. The number of fused-ring (bicyclic) bond motifs is 1. The molecule has 2 rings (SSSR count). The van der Waals surface area contributed by atoms with E-state index in [-0.39, 0.29) is 18.5 Å². The van der Waals surface area contributed by atoms with Gasteiger partial charge in [-0.25, -0.2) is 8.78 Å². The molecule has 0 radical (unpaired) electrons. The third kappa shape index (κ3) is 1.06. The van der Waals surface area contributed by atoms with Crippen LogP contribution in [0, 0.1) is 0 Å². The molecule has 2 saturated heterocycles. The van der Waals surface area contributed by atoms with Gasteiger partial charge < -0.3 is 0 Å². The van der Waals surface area contributed by atoms with Crippen molar-refractivity contribution >= 4 is 0 Å². The summed E-state index contributed by atoms with van der Waals surface area (Å²) >= 11 is 0. The van der Waals surface area contributed by atoms with Gasteiger partial charge >= 0.3 is 0 Å². The van der Waals surface area contributed by atoms with Gasteiger partial charge in [-0.2, -0.15) is 0 Å². The van der Waals surface area contributed by atoms with Crippen LogP contribution in [0.15, 0.2) is 0 Å². The highest BCUT2D eigenvalue weighted by Crippen LogP contribution is 2.45. The Kier molecular flexibility index (Phi) is 1.32. The SMILES string of the molecule is C[C@]12CCCN1CC(F)(F)C2. The van der Waals surface area contributed by atoms with Gasteiger partial charge in [-0.05, 0) is 26.3 Å². The fourth-order valence-electron chi connectivity index (χ4n) is 2.44. The Bertz CT molecular complexity index is 181. The van der Waals surface area contributed by atoms with Gasteiger partial charge in [-0.3, -0.25) is 4.90 Å². The lowest BCUT2D eigenvalue weighted by Gasteiger charge is -2.25. The average Bonchev–Trinajstić information content (AvgIpc) is 2.16. The molecule has 64 valence electrons. The van der Waals surface area contributed by atoms with Gasteiger partial charge in [0.25, 0.3) is 5.92 Å².